The summed E-state index contributed by atoms with van der Waals surface area (Å²) in [7, 11) is 0. The maximum absolute atomic E-state index is 12.1. The average molecular weight is 433 g/mol. The summed E-state index contributed by atoms with van der Waals surface area (Å²) in [5.74, 6) is 0.712. The fraction of sp³-hybridized carbons (Fsp3) is 0.792. The van der Waals surface area contributed by atoms with Crippen molar-refractivity contribution in [3.8, 4) is 0 Å². The minimum absolute atomic E-state index is 0.0670. The van der Waals surface area contributed by atoms with E-state index in [1.54, 1.807) is 4.88 Å². The van der Waals surface area contributed by atoms with E-state index in [0.717, 1.165) is 71.1 Å². The molecule has 5 nitrogen and oxygen atoms in total. The summed E-state index contributed by atoms with van der Waals surface area (Å²) in [5.41, 5.74) is 1.42. The van der Waals surface area contributed by atoms with Crippen LogP contribution >= 0.6 is 11.3 Å². The lowest BCUT2D eigenvalue weighted by Crippen LogP contribution is -2.54. The van der Waals surface area contributed by atoms with Gasteiger partial charge in [0, 0.05) is 41.3 Å². The quantitative estimate of drug-likeness (QED) is 0.725. The van der Waals surface area contributed by atoms with E-state index in [-0.39, 0.29) is 23.5 Å². The zero-order valence-corrected chi connectivity index (χ0v) is 19.2. The van der Waals surface area contributed by atoms with E-state index in [4.69, 9.17) is 4.74 Å². The smallest absolute Gasteiger partial charge is 0.249 e. The van der Waals surface area contributed by atoms with Gasteiger partial charge in [0.2, 0.25) is 5.91 Å². The van der Waals surface area contributed by atoms with E-state index in [2.05, 4.69) is 30.1 Å². The molecule has 0 bridgehead atoms. The highest BCUT2D eigenvalue weighted by Gasteiger charge is 2.45. The van der Waals surface area contributed by atoms with Gasteiger partial charge < -0.3 is 20.1 Å². The molecule has 30 heavy (non-hydrogen) atoms. The SMILES string of the molecule is CCc1cc2c(s1)CCO[C@@]21CCN(CC2CC(NC(=O)C(O)C3CC3)C2)[C@@H](C)C1. The van der Waals surface area contributed by atoms with E-state index in [9.17, 15) is 9.90 Å². The molecule has 1 aromatic rings. The highest BCUT2D eigenvalue weighted by molar-refractivity contribution is 7.12. The monoisotopic (exact) mass is 432 g/mol. The highest BCUT2D eigenvalue weighted by Crippen LogP contribution is 2.46. The highest BCUT2D eigenvalue weighted by atomic mass is 32.1. The molecule has 2 N–H and O–H groups in total. The zero-order chi connectivity index (χ0) is 20.9. The van der Waals surface area contributed by atoms with Crippen molar-refractivity contribution in [2.24, 2.45) is 11.8 Å². The van der Waals surface area contributed by atoms with Crippen LogP contribution in [-0.2, 0) is 28.0 Å². The molecule has 0 radical (unpaired) electrons. The number of hydrogen-bond donors (Lipinski definition) is 2. The number of hydrogen-bond acceptors (Lipinski definition) is 5. The summed E-state index contributed by atoms with van der Waals surface area (Å²) >= 11 is 1.99. The maximum Gasteiger partial charge on any atom is 0.249 e. The van der Waals surface area contributed by atoms with Crippen LogP contribution in [0.25, 0.3) is 0 Å². The average Bonchev–Trinajstić information content (AvgIpc) is 3.46. The minimum atomic E-state index is -0.784. The number of rotatable bonds is 6. The Balaban J connectivity index is 1.13. The Kier molecular flexibility index (Phi) is 5.71. The molecule has 1 unspecified atom stereocenters. The Hall–Kier alpha value is -0.950. The van der Waals surface area contributed by atoms with Crippen molar-refractivity contribution in [1.29, 1.82) is 0 Å². The number of carbonyl (C=O) groups is 1. The molecule has 2 aliphatic heterocycles. The molecule has 4 aliphatic rings. The van der Waals surface area contributed by atoms with Crippen LogP contribution in [0.5, 0.6) is 0 Å². The van der Waals surface area contributed by atoms with Gasteiger partial charge in [-0.25, -0.2) is 0 Å². The van der Waals surface area contributed by atoms with Gasteiger partial charge in [0.1, 0.15) is 6.10 Å². The number of aryl methyl sites for hydroxylation is 1. The van der Waals surface area contributed by atoms with Gasteiger partial charge in [-0.2, -0.15) is 0 Å². The predicted octanol–water partition coefficient (Wildman–Crippen LogP) is 3.23. The van der Waals surface area contributed by atoms with Crippen molar-refractivity contribution in [2.75, 3.05) is 19.7 Å². The van der Waals surface area contributed by atoms with Gasteiger partial charge in [0.05, 0.1) is 12.2 Å². The second-order valence-corrected chi connectivity index (χ2v) is 11.3. The topological polar surface area (TPSA) is 61.8 Å². The van der Waals surface area contributed by atoms with Crippen LogP contribution in [0, 0.1) is 11.8 Å². The molecule has 1 saturated heterocycles. The normalized spacial score (nSPS) is 35.0. The molecule has 6 heteroatoms. The fourth-order valence-electron chi connectivity index (χ4n) is 5.79. The van der Waals surface area contributed by atoms with Gasteiger partial charge in [-0.05, 0) is 75.3 Å². The summed E-state index contributed by atoms with van der Waals surface area (Å²) in [4.78, 5) is 17.8. The number of fused-ring (bicyclic) bond motifs is 2. The molecule has 3 atom stereocenters. The van der Waals surface area contributed by atoms with Gasteiger partial charge in [-0.3, -0.25) is 4.79 Å². The lowest BCUT2D eigenvalue weighted by Gasteiger charge is -2.49. The molecule has 1 spiro atoms. The first-order chi connectivity index (χ1) is 14.5. The van der Waals surface area contributed by atoms with Crippen LogP contribution in [-0.4, -0.2) is 53.8 Å². The number of aliphatic hydroxyl groups is 1. The second kappa shape index (κ2) is 8.19. The lowest BCUT2D eigenvalue weighted by atomic mass is 9.76. The van der Waals surface area contributed by atoms with Crippen molar-refractivity contribution in [1.82, 2.24) is 10.2 Å². The molecule has 3 heterocycles. The maximum atomic E-state index is 12.1. The van der Waals surface area contributed by atoms with Crippen LogP contribution in [0.2, 0.25) is 0 Å². The summed E-state index contributed by atoms with van der Waals surface area (Å²) in [6.45, 7) is 7.67. The molecule has 1 amide bonds. The van der Waals surface area contributed by atoms with Gasteiger partial charge in [-0.15, -0.1) is 11.3 Å². The number of aliphatic hydroxyl groups excluding tert-OH is 1. The predicted molar refractivity (Wildman–Crippen MR) is 119 cm³/mol. The molecule has 3 fully saturated rings. The molecular formula is C24H36N2O3S. The standard InChI is InChI=1S/C24H36N2O3S/c1-3-19-12-20-21(30-19)6-9-29-24(20)7-8-26(15(2)13-24)14-16-10-18(11-16)25-23(28)22(27)17-4-5-17/h12,15-18,22,27H,3-11,13-14H2,1-2H3,(H,25,28)/t15-,16?,18?,22?,24+/m0/s1. The van der Waals surface area contributed by atoms with Crippen molar-refractivity contribution < 1.29 is 14.6 Å². The number of amides is 1. The van der Waals surface area contributed by atoms with Crippen molar-refractivity contribution >= 4 is 17.2 Å². The van der Waals surface area contributed by atoms with Crippen LogP contribution in [0.3, 0.4) is 0 Å². The third-order valence-corrected chi connectivity index (χ3v) is 9.21. The number of nitrogens with zero attached hydrogens (tertiary/aromatic N) is 1. The molecular weight excluding hydrogens is 396 g/mol. The van der Waals surface area contributed by atoms with Crippen LogP contribution in [0.15, 0.2) is 6.07 Å². The van der Waals surface area contributed by atoms with E-state index in [0.29, 0.717) is 12.0 Å². The van der Waals surface area contributed by atoms with Gasteiger partial charge in [0.25, 0.3) is 0 Å². The van der Waals surface area contributed by atoms with Gasteiger partial charge in [-0.1, -0.05) is 6.92 Å². The zero-order valence-electron chi connectivity index (χ0n) is 18.4. The number of ether oxygens (including phenoxy) is 1. The largest absolute Gasteiger partial charge is 0.383 e. The number of piperidine rings is 1. The third-order valence-electron chi connectivity index (χ3n) is 7.87. The fourth-order valence-corrected chi connectivity index (χ4v) is 6.97. The molecule has 1 aromatic heterocycles. The van der Waals surface area contributed by atoms with Crippen LogP contribution in [0.1, 0.15) is 67.7 Å². The number of likely N-dealkylation sites (tertiary alicyclic amines) is 1. The van der Waals surface area contributed by atoms with Crippen LogP contribution in [0.4, 0.5) is 0 Å². The Morgan fingerprint density at radius 1 is 1.43 bits per heavy atom. The molecule has 5 rings (SSSR count). The number of carbonyl (C=O) groups excluding carboxylic acids is 1. The Morgan fingerprint density at radius 2 is 2.23 bits per heavy atom. The molecule has 0 aromatic carbocycles. The summed E-state index contributed by atoms with van der Waals surface area (Å²) in [6.07, 6.45) is 7.65. The summed E-state index contributed by atoms with van der Waals surface area (Å²) < 4.78 is 6.47. The van der Waals surface area contributed by atoms with E-state index >= 15 is 0 Å². The van der Waals surface area contributed by atoms with Crippen molar-refractivity contribution in [3.05, 3.63) is 21.4 Å². The van der Waals surface area contributed by atoms with E-state index < -0.39 is 6.10 Å². The first-order valence-corrected chi connectivity index (χ1v) is 12.8. The lowest BCUT2D eigenvalue weighted by molar-refractivity contribution is -0.132. The Bertz CT molecular complexity index is 785. The Morgan fingerprint density at radius 3 is 2.93 bits per heavy atom. The Labute approximate surface area is 184 Å². The summed E-state index contributed by atoms with van der Waals surface area (Å²) in [5, 5.41) is 13.0. The van der Waals surface area contributed by atoms with Crippen molar-refractivity contribution in [3.63, 3.8) is 0 Å². The molecule has 166 valence electrons. The first-order valence-electron chi connectivity index (χ1n) is 12.0. The molecule has 2 aliphatic carbocycles. The van der Waals surface area contributed by atoms with Crippen LogP contribution < -0.4 is 5.32 Å². The number of thiophene rings is 1. The number of nitrogens with one attached hydrogen (secondary N) is 1. The first kappa shape index (κ1) is 20.9. The molecule has 2 saturated carbocycles. The minimum Gasteiger partial charge on any atom is -0.383 e. The van der Waals surface area contributed by atoms with E-state index in [1.165, 1.54) is 10.4 Å². The summed E-state index contributed by atoms with van der Waals surface area (Å²) in [6, 6.07) is 3.20. The second-order valence-electron chi connectivity index (χ2n) is 10.1. The van der Waals surface area contributed by atoms with Crippen molar-refractivity contribution in [2.45, 2.75) is 89.0 Å². The van der Waals surface area contributed by atoms with Gasteiger partial charge in [0.15, 0.2) is 0 Å². The third kappa shape index (κ3) is 3.96. The van der Waals surface area contributed by atoms with E-state index in [1.807, 2.05) is 11.3 Å². The van der Waals surface area contributed by atoms with Gasteiger partial charge >= 0.3 is 0 Å².